The fourth-order valence-electron chi connectivity index (χ4n) is 3.24. The Morgan fingerprint density at radius 1 is 1.00 bits per heavy atom. The number of benzene rings is 2. The fourth-order valence-corrected chi connectivity index (χ4v) is 3.24. The molecule has 0 aromatic heterocycles. The van der Waals surface area contributed by atoms with E-state index in [4.69, 9.17) is 4.74 Å². The number of nitrogens with one attached hydrogen (secondary N) is 1. The van der Waals surface area contributed by atoms with Gasteiger partial charge < -0.3 is 10.1 Å². The molecule has 28 heavy (non-hydrogen) atoms. The number of anilines is 1. The summed E-state index contributed by atoms with van der Waals surface area (Å²) < 4.78 is 5.54. The van der Waals surface area contributed by atoms with Crippen molar-refractivity contribution in [3.63, 3.8) is 0 Å². The molecule has 0 fully saturated rings. The zero-order chi connectivity index (χ0) is 20.3. The average molecular weight is 378 g/mol. The van der Waals surface area contributed by atoms with Gasteiger partial charge in [0.25, 0.3) is 11.8 Å². The summed E-state index contributed by atoms with van der Waals surface area (Å²) in [4.78, 5) is 27.4. The Bertz CT molecular complexity index is 917. The van der Waals surface area contributed by atoms with Gasteiger partial charge in [-0.1, -0.05) is 48.0 Å². The standard InChI is InChI=1S/C23H26N2O3/c1-15(2)28-13-12-25-22(26)20(18-8-6-5-7-9-18)21(23(25)27)24-19-11-10-16(3)14-17(19)4/h5-11,14-15,24H,12-13H2,1-4H3. The van der Waals surface area contributed by atoms with Gasteiger partial charge in [-0.25, -0.2) is 0 Å². The lowest BCUT2D eigenvalue weighted by atomic mass is 10.0. The molecule has 0 bridgehead atoms. The number of ether oxygens (including phenoxy) is 1. The molecule has 0 unspecified atom stereocenters. The molecule has 0 aliphatic carbocycles. The van der Waals surface area contributed by atoms with Crippen molar-refractivity contribution in [3.8, 4) is 0 Å². The van der Waals surface area contributed by atoms with Gasteiger partial charge in [0.1, 0.15) is 5.70 Å². The maximum atomic E-state index is 13.1. The van der Waals surface area contributed by atoms with Gasteiger partial charge in [-0.05, 0) is 44.9 Å². The van der Waals surface area contributed by atoms with Gasteiger partial charge in [0, 0.05) is 5.69 Å². The van der Waals surface area contributed by atoms with E-state index in [0.29, 0.717) is 17.9 Å². The van der Waals surface area contributed by atoms with Crippen molar-refractivity contribution < 1.29 is 14.3 Å². The molecule has 1 aliphatic rings. The number of carbonyl (C=O) groups excluding carboxylic acids is 2. The van der Waals surface area contributed by atoms with E-state index in [1.807, 2.05) is 76.2 Å². The lowest BCUT2D eigenvalue weighted by Gasteiger charge is -2.16. The summed E-state index contributed by atoms with van der Waals surface area (Å²) in [6.45, 7) is 8.39. The van der Waals surface area contributed by atoms with Crippen LogP contribution in [0.1, 0.15) is 30.5 Å². The summed E-state index contributed by atoms with van der Waals surface area (Å²) in [5.74, 6) is -0.619. The van der Waals surface area contributed by atoms with Crippen LogP contribution in [0.3, 0.4) is 0 Å². The van der Waals surface area contributed by atoms with Crippen LogP contribution >= 0.6 is 0 Å². The first-order valence-corrected chi connectivity index (χ1v) is 9.50. The molecule has 2 aromatic rings. The molecule has 0 saturated carbocycles. The molecule has 5 heteroatoms. The summed E-state index contributed by atoms with van der Waals surface area (Å²) in [5.41, 5.74) is 4.40. The van der Waals surface area contributed by atoms with Gasteiger partial charge in [-0.15, -0.1) is 0 Å². The lowest BCUT2D eigenvalue weighted by Crippen LogP contribution is -2.35. The summed E-state index contributed by atoms with van der Waals surface area (Å²) in [6, 6.07) is 15.3. The van der Waals surface area contributed by atoms with Crippen LogP contribution in [-0.2, 0) is 14.3 Å². The SMILES string of the molecule is Cc1ccc(NC2=C(c3ccccc3)C(=O)N(CCOC(C)C)C2=O)c(C)c1. The van der Waals surface area contributed by atoms with Crippen molar-refractivity contribution in [2.24, 2.45) is 0 Å². The fraction of sp³-hybridized carbons (Fsp3) is 0.304. The number of hydrogen-bond acceptors (Lipinski definition) is 4. The minimum absolute atomic E-state index is 0.0437. The quantitative estimate of drug-likeness (QED) is 0.742. The first-order chi connectivity index (χ1) is 13.4. The molecule has 146 valence electrons. The topological polar surface area (TPSA) is 58.6 Å². The predicted octanol–water partition coefficient (Wildman–Crippen LogP) is 3.92. The molecule has 0 atom stereocenters. The van der Waals surface area contributed by atoms with Crippen molar-refractivity contribution >= 4 is 23.1 Å². The van der Waals surface area contributed by atoms with Crippen molar-refractivity contribution in [3.05, 3.63) is 70.9 Å². The van der Waals surface area contributed by atoms with Crippen molar-refractivity contribution in [1.29, 1.82) is 0 Å². The third-order valence-electron chi connectivity index (χ3n) is 4.64. The Hall–Kier alpha value is -2.92. The van der Waals surface area contributed by atoms with Gasteiger partial charge in [-0.2, -0.15) is 0 Å². The highest BCUT2D eigenvalue weighted by molar-refractivity contribution is 6.36. The van der Waals surface area contributed by atoms with E-state index in [0.717, 1.165) is 22.4 Å². The number of rotatable bonds is 7. The largest absolute Gasteiger partial charge is 0.377 e. The van der Waals surface area contributed by atoms with Crippen molar-refractivity contribution in [2.75, 3.05) is 18.5 Å². The molecular formula is C23H26N2O3. The van der Waals surface area contributed by atoms with Gasteiger partial charge in [0.05, 0.1) is 24.8 Å². The Balaban J connectivity index is 1.96. The zero-order valence-electron chi connectivity index (χ0n) is 16.8. The molecule has 2 amide bonds. The Kier molecular flexibility index (Phi) is 5.95. The van der Waals surface area contributed by atoms with E-state index in [2.05, 4.69) is 5.32 Å². The Morgan fingerprint density at radius 3 is 2.36 bits per heavy atom. The zero-order valence-corrected chi connectivity index (χ0v) is 16.8. The van der Waals surface area contributed by atoms with E-state index in [9.17, 15) is 9.59 Å². The van der Waals surface area contributed by atoms with Crippen LogP contribution in [0.5, 0.6) is 0 Å². The molecule has 2 aromatic carbocycles. The number of aryl methyl sites for hydroxylation is 2. The second-order valence-electron chi connectivity index (χ2n) is 7.24. The van der Waals surface area contributed by atoms with Crippen LogP contribution in [0.2, 0.25) is 0 Å². The number of carbonyl (C=O) groups is 2. The first kappa shape index (κ1) is 19.8. The highest BCUT2D eigenvalue weighted by Crippen LogP contribution is 2.31. The van der Waals surface area contributed by atoms with Gasteiger partial charge in [0.15, 0.2) is 0 Å². The predicted molar refractivity (Wildman–Crippen MR) is 111 cm³/mol. The lowest BCUT2D eigenvalue weighted by molar-refractivity contribution is -0.137. The normalized spacial score (nSPS) is 14.4. The third kappa shape index (κ3) is 4.15. The monoisotopic (exact) mass is 378 g/mol. The smallest absolute Gasteiger partial charge is 0.278 e. The average Bonchev–Trinajstić information content (AvgIpc) is 2.88. The van der Waals surface area contributed by atoms with E-state index < -0.39 is 0 Å². The summed E-state index contributed by atoms with van der Waals surface area (Å²) in [6.07, 6.45) is 0.0437. The number of nitrogens with zero attached hydrogens (tertiary/aromatic N) is 1. The molecule has 1 aliphatic heterocycles. The number of imide groups is 1. The second-order valence-corrected chi connectivity index (χ2v) is 7.24. The van der Waals surface area contributed by atoms with Crippen LogP contribution in [0.4, 0.5) is 5.69 Å². The molecule has 5 nitrogen and oxygen atoms in total. The molecule has 0 spiro atoms. The first-order valence-electron chi connectivity index (χ1n) is 9.50. The van der Waals surface area contributed by atoms with E-state index in [1.54, 1.807) is 0 Å². The van der Waals surface area contributed by atoms with E-state index >= 15 is 0 Å². The van der Waals surface area contributed by atoms with Gasteiger partial charge >= 0.3 is 0 Å². The summed E-state index contributed by atoms with van der Waals surface area (Å²) >= 11 is 0. The third-order valence-corrected chi connectivity index (χ3v) is 4.64. The molecule has 0 radical (unpaired) electrons. The van der Waals surface area contributed by atoms with Crippen LogP contribution in [0.15, 0.2) is 54.2 Å². The summed E-state index contributed by atoms with van der Waals surface area (Å²) in [5, 5.41) is 3.22. The minimum atomic E-state index is -0.323. The van der Waals surface area contributed by atoms with Crippen LogP contribution in [0, 0.1) is 13.8 Å². The molecule has 1 N–H and O–H groups in total. The van der Waals surface area contributed by atoms with Gasteiger partial charge in [0.2, 0.25) is 0 Å². The summed E-state index contributed by atoms with van der Waals surface area (Å²) in [7, 11) is 0. The Labute approximate surface area is 166 Å². The maximum Gasteiger partial charge on any atom is 0.278 e. The van der Waals surface area contributed by atoms with E-state index in [1.165, 1.54) is 4.90 Å². The molecule has 3 rings (SSSR count). The highest BCUT2D eigenvalue weighted by Gasteiger charge is 2.39. The van der Waals surface area contributed by atoms with Crippen LogP contribution in [0.25, 0.3) is 5.57 Å². The Morgan fingerprint density at radius 2 is 1.71 bits per heavy atom. The van der Waals surface area contributed by atoms with Crippen LogP contribution in [-0.4, -0.2) is 36.0 Å². The molecule has 0 saturated heterocycles. The van der Waals surface area contributed by atoms with Crippen molar-refractivity contribution in [1.82, 2.24) is 4.90 Å². The van der Waals surface area contributed by atoms with E-state index in [-0.39, 0.29) is 24.5 Å². The molecular weight excluding hydrogens is 352 g/mol. The minimum Gasteiger partial charge on any atom is -0.377 e. The highest BCUT2D eigenvalue weighted by atomic mass is 16.5. The van der Waals surface area contributed by atoms with Gasteiger partial charge in [-0.3, -0.25) is 14.5 Å². The van der Waals surface area contributed by atoms with Crippen molar-refractivity contribution in [2.45, 2.75) is 33.8 Å². The molecule has 1 heterocycles. The second kappa shape index (κ2) is 8.40. The number of amides is 2. The number of hydrogen-bond donors (Lipinski definition) is 1. The van der Waals surface area contributed by atoms with Crippen LogP contribution < -0.4 is 5.32 Å². The maximum absolute atomic E-state index is 13.1.